The van der Waals surface area contributed by atoms with Crippen molar-refractivity contribution < 1.29 is 23.6 Å². The molecule has 1 amide bonds. The molecule has 24 heavy (non-hydrogen) atoms. The Balaban J connectivity index is 1.81. The molecule has 0 radical (unpaired) electrons. The van der Waals surface area contributed by atoms with E-state index >= 15 is 0 Å². The van der Waals surface area contributed by atoms with Gasteiger partial charge in [-0.15, -0.1) is 0 Å². The lowest BCUT2D eigenvalue weighted by Crippen LogP contribution is -2.19. The molecule has 122 valence electrons. The minimum Gasteiger partial charge on any atom is -0.454 e. The molecule has 1 heterocycles. The maximum Gasteiger partial charge on any atom is 0.282 e. The van der Waals surface area contributed by atoms with Crippen LogP contribution in [0.15, 0.2) is 41.5 Å². The number of nitro benzene ring substituents is 1. The molecule has 0 spiro atoms. The predicted molar refractivity (Wildman–Crippen MR) is 80.7 cm³/mol. The third-order valence-corrected chi connectivity index (χ3v) is 3.21. The van der Waals surface area contributed by atoms with Crippen LogP contribution in [-0.4, -0.2) is 23.8 Å². The number of rotatable bonds is 4. The van der Waals surface area contributed by atoms with Crippen molar-refractivity contribution in [1.29, 1.82) is 0 Å². The van der Waals surface area contributed by atoms with Crippen LogP contribution < -0.4 is 14.9 Å². The molecular formula is C15H10FN3O5. The number of nitrogens with one attached hydrogen (secondary N) is 1. The zero-order chi connectivity index (χ0) is 17.1. The van der Waals surface area contributed by atoms with Crippen LogP contribution in [0.2, 0.25) is 0 Å². The molecule has 2 aromatic rings. The van der Waals surface area contributed by atoms with Gasteiger partial charge in [-0.25, -0.2) is 9.82 Å². The van der Waals surface area contributed by atoms with Crippen molar-refractivity contribution in [1.82, 2.24) is 5.43 Å². The van der Waals surface area contributed by atoms with Gasteiger partial charge >= 0.3 is 0 Å². The standard InChI is InChI=1S/C15H10FN3O5/c16-11-4-2-1-3-10(11)15(20)18-17-7-9-5-13-14(24-8-23-13)6-12(9)19(21)22/h1-7H,8H2,(H,18,20)/b17-7+. The highest BCUT2D eigenvalue weighted by atomic mass is 19.1. The number of benzene rings is 2. The number of amides is 1. The number of hydrogen-bond donors (Lipinski definition) is 1. The number of nitro groups is 1. The molecule has 8 nitrogen and oxygen atoms in total. The molecule has 0 atom stereocenters. The fourth-order valence-corrected chi connectivity index (χ4v) is 2.07. The van der Waals surface area contributed by atoms with Crippen molar-refractivity contribution in [2.75, 3.05) is 6.79 Å². The van der Waals surface area contributed by atoms with E-state index in [1.54, 1.807) is 0 Å². The highest BCUT2D eigenvalue weighted by molar-refractivity contribution is 5.95. The normalized spacial score (nSPS) is 12.4. The Morgan fingerprint density at radius 1 is 1.29 bits per heavy atom. The number of carbonyl (C=O) groups is 1. The lowest BCUT2D eigenvalue weighted by Gasteiger charge is -2.02. The zero-order valence-corrected chi connectivity index (χ0v) is 12.1. The first-order chi connectivity index (χ1) is 11.6. The second-order valence-electron chi connectivity index (χ2n) is 4.70. The molecule has 1 aliphatic heterocycles. The Morgan fingerprint density at radius 2 is 2.00 bits per heavy atom. The molecule has 3 rings (SSSR count). The molecule has 9 heteroatoms. The van der Waals surface area contributed by atoms with E-state index in [1.165, 1.54) is 30.3 Å². The number of nitrogens with zero attached hydrogens (tertiary/aromatic N) is 2. The number of ether oxygens (including phenoxy) is 2. The summed E-state index contributed by atoms with van der Waals surface area (Å²) in [4.78, 5) is 22.3. The summed E-state index contributed by atoms with van der Waals surface area (Å²) >= 11 is 0. The fourth-order valence-electron chi connectivity index (χ4n) is 2.07. The molecule has 0 saturated carbocycles. The second kappa shape index (κ2) is 6.32. The SMILES string of the molecule is O=C(N/N=C/c1cc2c(cc1[N+](=O)[O-])OCO2)c1ccccc1F. The topological polar surface area (TPSA) is 103 Å². The molecule has 0 fully saturated rings. The van der Waals surface area contributed by atoms with E-state index in [1.807, 2.05) is 0 Å². The maximum absolute atomic E-state index is 13.5. The summed E-state index contributed by atoms with van der Waals surface area (Å²) in [6, 6.07) is 7.97. The van der Waals surface area contributed by atoms with E-state index < -0.39 is 16.6 Å². The van der Waals surface area contributed by atoms with Crippen molar-refractivity contribution in [2.45, 2.75) is 0 Å². The van der Waals surface area contributed by atoms with Crippen molar-refractivity contribution in [3.63, 3.8) is 0 Å². The Bertz CT molecular complexity index is 853. The van der Waals surface area contributed by atoms with Gasteiger partial charge in [0.2, 0.25) is 6.79 Å². The van der Waals surface area contributed by atoms with Crippen LogP contribution in [0.3, 0.4) is 0 Å². The zero-order valence-electron chi connectivity index (χ0n) is 12.1. The summed E-state index contributed by atoms with van der Waals surface area (Å²) in [5.41, 5.74) is 1.78. The average Bonchev–Trinajstić information content (AvgIpc) is 3.01. The molecule has 0 aliphatic carbocycles. The third-order valence-electron chi connectivity index (χ3n) is 3.21. The van der Waals surface area contributed by atoms with Gasteiger partial charge in [0, 0.05) is 0 Å². The first kappa shape index (κ1) is 15.4. The van der Waals surface area contributed by atoms with E-state index in [9.17, 15) is 19.3 Å². The van der Waals surface area contributed by atoms with E-state index in [-0.39, 0.29) is 29.4 Å². The van der Waals surface area contributed by atoms with Crippen LogP contribution in [0.25, 0.3) is 0 Å². The summed E-state index contributed by atoms with van der Waals surface area (Å²) < 4.78 is 23.7. The fraction of sp³-hybridized carbons (Fsp3) is 0.0667. The molecule has 1 aliphatic rings. The Morgan fingerprint density at radius 3 is 2.71 bits per heavy atom. The minimum atomic E-state index is -0.771. The van der Waals surface area contributed by atoms with Gasteiger partial charge in [-0.3, -0.25) is 14.9 Å². The molecule has 0 unspecified atom stereocenters. The van der Waals surface area contributed by atoms with E-state index in [4.69, 9.17) is 9.47 Å². The first-order valence-electron chi connectivity index (χ1n) is 6.72. The molecule has 2 aromatic carbocycles. The van der Waals surface area contributed by atoms with Gasteiger partial charge in [-0.2, -0.15) is 5.10 Å². The maximum atomic E-state index is 13.5. The second-order valence-corrected chi connectivity index (χ2v) is 4.70. The monoisotopic (exact) mass is 331 g/mol. The summed E-state index contributed by atoms with van der Waals surface area (Å²) in [6.07, 6.45) is 1.08. The number of carbonyl (C=O) groups excluding carboxylic acids is 1. The van der Waals surface area contributed by atoms with Crippen LogP contribution in [0.1, 0.15) is 15.9 Å². The number of hydrogen-bond acceptors (Lipinski definition) is 6. The smallest absolute Gasteiger partial charge is 0.282 e. The van der Waals surface area contributed by atoms with Crippen molar-refractivity contribution in [3.05, 3.63) is 63.5 Å². The van der Waals surface area contributed by atoms with Gasteiger partial charge in [0.25, 0.3) is 11.6 Å². The Hall–Kier alpha value is -3.49. The first-order valence-corrected chi connectivity index (χ1v) is 6.72. The number of hydrazone groups is 1. The lowest BCUT2D eigenvalue weighted by atomic mass is 10.1. The lowest BCUT2D eigenvalue weighted by molar-refractivity contribution is -0.385. The van der Waals surface area contributed by atoms with Gasteiger partial charge < -0.3 is 9.47 Å². The Kier molecular flexibility index (Phi) is 4.06. The number of fused-ring (bicyclic) bond motifs is 1. The molecule has 1 N–H and O–H groups in total. The summed E-state index contributed by atoms with van der Waals surface area (Å²) in [5, 5.41) is 14.7. The van der Waals surface area contributed by atoms with Crippen LogP contribution in [0.4, 0.5) is 10.1 Å². The summed E-state index contributed by atoms with van der Waals surface area (Å²) in [5.74, 6) is -0.872. The molecule has 0 bridgehead atoms. The average molecular weight is 331 g/mol. The summed E-state index contributed by atoms with van der Waals surface area (Å²) in [7, 11) is 0. The third kappa shape index (κ3) is 3.00. The van der Waals surface area contributed by atoms with Crippen LogP contribution in [0, 0.1) is 15.9 Å². The van der Waals surface area contributed by atoms with Gasteiger partial charge in [0.1, 0.15) is 5.82 Å². The van der Waals surface area contributed by atoms with Gasteiger partial charge in [0.05, 0.1) is 28.3 Å². The van der Waals surface area contributed by atoms with Gasteiger partial charge in [0.15, 0.2) is 11.5 Å². The van der Waals surface area contributed by atoms with Crippen molar-refractivity contribution in [2.24, 2.45) is 5.10 Å². The van der Waals surface area contributed by atoms with Gasteiger partial charge in [-0.1, -0.05) is 12.1 Å². The summed E-state index contributed by atoms with van der Waals surface area (Å²) in [6.45, 7) is -0.0307. The number of halogens is 1. The Labute approximate surface area is 134 Å². The van der Waals surface area contributed by atoms with Crippen LogP contribution >= 0.6 is 0 Å². The van der Waals surface area contributed by atoms with Crippen LogP contribution in [-0.2, 0) is 0 Å². The molecule has 0 saturated heterocycles. The quantitative estimate of drug-likeness (QED) is 0.526. The highest BCUT2D eigenvalue weighted by Crippen LogP contribution is 2.37. The molecular weight excluding hydrogens is 321 g/mol. The molecule has 0 aromatic heterocycles. The van der Waals surface area contributed by atoms with E-state index in [0.29, 0.717) is 5.75 Å². The van der Waals surface area contributed by atoms with Crippen molar-refractivity contribution in [3.8, 4) is 11.5 Å². The van der Waals surface area contributed by atoms with E-state index in [0.717, 1.165) is 12.3 Å². The largest absolute Gasteiger partial charge is 0.454 e. The highest BCUT2D eigenvalue weighted by Gasteiger charge is 2.22. The van der Waals surface area contributed by atoms with E-state index in [2.05, 4.69) is 10.5 Å². The predicted octanol–water partition coefficient (Wildman–Crippen LogP) is 2.23. The van der Waals surface area contributed by atoms with Gasteiger partial charge in [-0.05, 0) is 18.2 Å². The van der Waals surface area contributed by atoms with Crippen LogP contribution in [0.5, 0.6) is 11.5 Å². The minimum absolute atomic E-state index is 0.0307. The van der Waals surface area contributed by atoms with Crippen molar-refractivity contribution >= 4 is 17.8 Å².